The standard InChI is InChI=1S/C15H24O5S/c1-3-4-5-6-11-18-14-7-9-15(10-8-14)19-12-13-20-21(2,16)17/h7-10H,3-6,11-13H2,1-2H3. The Balaban J connectivity index is 2.21. The third-order valence-electron chi connectivity index (χ3n) is 2.74. The molecule has 0 radical (unpaired) electrons. The molecule has 1 rings (SSSR count). The van der Waals surface area contributed by atoms with E-state index < -0.39 is 10.1 Å². The van der Waals surface area contributed by atoms with Crippen LogP contribution in [0, 0.1) is 0 Å². The minimum absolute atomic E-state index is 0.00845. The van der Waals surface area contributed by atoms with Crippen LogP contribution in [-0.4, -0.2) is 34.5 Å². The highest BCUT2D eigenvalue weighted by Crippen LogP contribution is 2.18. The highest BCUT2D eigenvalue weighted by molar-refractivity contribution is 7.85. The first-order valence-corrected chi connectivity index (χ1v) is 9.03. The largest absolute Gasteiger partial charge is 0.494 e. The zero-order valence-corrected chi connectivity index (χ0v) is 13.5. The van der Waals surface area contributed by atoms with E-state index in [1.54, 1.807) is 12.1 Å². The summed E-state index contributed by atoms with van der Waals surface area (Å²) in [6.07, 6.45) is 5.73. The lowest BCUT2D eigenvalue weighted by Gasteiger charge is -2.08. The van der Waals surface area contributed by atoms with E-state index in [2.05, 4.69) is 11.1 Å². The van der Waals surface area contributed by atoms with E-state index in [9.17, 15) is 8.42 Å². The van der Waals surface area contributed by atoms with Crippen molar-refractivity contribution < 1.29 is 22.1 Å². The molecule has 0 amide bonds. The molecule has 120 valence electrons. The zero-order chi connectivity index (χ0) is 15.6. The summed E-state index contributed by atoms with van der Waals surface area (Å²) in [6.45, 7) is 3.10. The SMILES string of the molecule is CCCCCCOc1ccc(OCCOS(C)(=O)=O)cc1. The molecular formula is C15H24O5S. The first-order valence-electron chi connectivity index (χ1n) is 7.21. The van der Waals surface area contributed by atoms with Gasteiger partial charge in [0.2, 0.25) is 0 Å². The molecule has 0 aliphatic heterocycles. The second-order valence-electron chi connectivity index (χ2n) is 4.76. The summed E-state index contributed by atoms with van der Waals surface area (Å²) in [7, 11) is -3.40. The molecule has 0 N–H and O–H groups in total. The van der Waals surface area contributed by atoms with Crippen molar-refractivity contribution in [3.05, 3.63) is 24.3 Å². The van der Waals surface area contributed by atoms with Gasteiger partial charge in [0.15, 0.2) is 0 Å². The summed E-state index contributed by atoms with van der Waals surface area (Å²) in [4.78, 5) is 0. The Morgan fingerprint density at radius 3 is 1.95 bits per heavy atom. The van der Waals surface area contributed by atoms with Crippen molar-refractivity contribution in [2.24, 2.45) is 0 Å². The lowest BCUT2D eigenvalue weighted by atomic mass is 10.2. The maximum Gasteiger partial charge on any atom is 0.264 e. The van der Waals surface area contributed by atoms with Gasteiger partial charge in [0.1, 0.15) is 24.7 Å². The molecule has 0 aromatic heterocycles. The third kappa shape index (κ3) is 9.31. The van der Waals surface area contributed by atoms with Gasteiger partial charge in [0.25, 0.3) is 10.1 Å². The Hall–Kier alpha value is -1.27. The molecule has 0 unspecified atom stereocenters. The Kier molecular flexibility index (Phi) is 8.15. The van der Waals surface area contributed by atoms with Gasteiger partial charge in [-0.2, -0.15) is 8.42 Å². The molecule has 6 heteroatoms. The fourth-order valence-corrected chi connectivity index (χ4v) is 2.07. The van der Waals surface area contributed by atoms with Gasteiger partial charge < -0.3 is 9.47 Å². The molecule has 0 fully saturated rings. The number of unbranched alkanes of at least 4 members (excludes halogenated alkanes) is 3. The molecule has 1 aromatic rings. The first-order chi connectivity index (χ1) is 10.0. The summed E-state index contributed by atoms with van der Waals surface area (Å²) >= 11 is 0. The second kappa shape index (κ2) is 9.63. The highest BCUT2D eigenvalue weighted by Gasteiger charge is 2.01. The summed E-state index contributed by atoms with van der Waals surface area (Å²) in [5.41, 5.74) is 0. The maximum absolute atomic E-state index is 10.8. The lowest BCUT2D eigenvalue weighted by Crippen LogP contribution is -2.11. The maximum atomic E-state index is 10.8. The van der Waals surface area contributed by atoms with Crippen molar-refractivity contribution in [1.82, 2.24) is 0 Å². The average Bonchev–Trinajstić information content (AvgIpc) is 2.44. The minimum Gasteiger partial charge on any atom is -0.494 e. The predicted octanol–water partition coefficient (Wildman–Crippen LogP) is 3.00. The summed E-state index contributed by atoms with van der Waals surface area (Å²) in [5.74, 6) is 1.47. The van der Waals surface area contributed by atoms with E-state index in [-0.39, 0.29) is 13.2 Å². The molecule has 0 bridgehead atoms. The molecule has 0 heterocycles. The normalized spacial score (nSPS) is 11.3. The van der Waals surface area contributed by atoms with Crippen molar-refractivity contribution in [2.45, 2.75) is 32.6 Å². The van der Waals surface area contributed by atoms with Crippen LogP contribution in [0.25, 0.3) is 0 Å². The van der Waals surface area contributed by atoms with E-state index in [1.165, 1.54) is 19.3 Å². The van der Waals surface area contributed by atoms with Crippen LogP contribution in [-0.2, 0) is 14.3 Å². The van der Waals surface area contributed by atoms with Crippen molar-refractivity contribution in [3.8, 4) is 11.5 Å². The summed E-state index contributed by atoms with van der Waals surface area (Å²) in [6, 6.07) is 7.27. The quantitative estimate of drug-likeness (QED) is 0.464. The third-order valence-corrected chi connectivity index (χ3v) is 3.33. The Morgan fingerprint density at radius 1 is 0.857 bits per heavy atom. The van der Waals surface area contributed by atoms with E-state index in [0.717, 1.165) is 25.0 Å². The van der Waals surface area contributed by atoms with E-state index in [1.807, 2.05) is 12.1 Å². The summed E-state index contributed by atoms with van der Waals surface area (Å²) in [5, 5.41) is 0. The van der Waals surface area contributed by atoms with Gasteiger partial charge in [-0.25, -0.2) is 0 Å². The van der Waals surface area contributed by atoms with Crippen LogP contribution in [0.3, 0.4) is 0 Å². The molecule has 1 aromatic carbocycles. The molecule has 0 aliphatic rings. The van der Waals surface area contributed by atoms with Crippen molar-refractivity contribution in [2.75, 3.05) is 26.1 Å². The number of benzene rings is 1. The fraction of sp³-hybridized carbons (Fsp3) is 0.600. The minimum atomic E-state index is -3.40. The number of hydrogen-bond donors (Lipinski definition) is 0. The average molecular weight is 316 g/mol. The van der Waals surface area contributed by atoms with E-state index in [0.29, 0.717) is 5.75 Å². The number of hydrogen-bond acceptors (Lipinski definition) is 5. The first kappa shape index (κ1) is 17.8. The van der Waals surface area contributed by atoms with Crippen LogP contribution in [0.2, 0.25) is 0 Å². The highest BCUT2D eigenvalue weighted by atomic mass is 32.2. The molecule has 0 spiro atoms. The van der Waals surface area contributed by atoms with Gasteiger partial charge >= 0.3 is 0 Å². The second-order valence-corrected chi connectivity index (χ2v) is 6.40. The zero-order valence-electron chi connectivity index (χ0n) is 12.7. The lowest BCUT2D eigenvalue weighted by molar-refractivity contribution is 0.222. The van der Waals surface area contributed by atoms with Crippen molar-refractivity contribution in [3.63, 3.8) is 0 Å². The van der Waals surface area contributed by atoms with E-state index >= 15 is 0 Å². The van der Waals surface area contributed by atoms with Crippen LogP contribution < -0.4 is 9.47 Å². The molecule has 0 aliphatic carbocycles. The van der Waals surface area contributed by atoms with Gasteiger partial charge in [-0.3, -0.25) is 4.18 Å². The number of ether oxygens (including phenoxy) is 2. The molecule has 0 saturated heterocycles. The Labute approximate surface area is 127 Å². The molecule has 0 saturated carbocycles. The molecule has 5 nitrogen and oxygen atoms in total. The van der Waals surface area contributed by atoms with E-state index in [4.69, 9.17) is 9.47 Å². The van der Waals surface area contributed by atoms with Crippen LogP contribution in [0.4, 0.5) is 0 Å². The smallest absolute Gasteiger partial charge is 0.264 e. The van der Waals surface area contributed by atoms with Gasteiger partial charge in [-0.15, -0.1) is 0 Å². The Morgan fingerprint density at radius 2 is 1.43 bits per heavy atom. The van der Waals surface area contributed by atoms with Crippen LogP contribution in [0.5, 0.6) is 11.5 Å². The van der Waals surface area contributed by atoms with Gasteiger partial charge in [0.05, 0.1) is 12.9 Å². The molecule has 0 atom stereocenters. The predicted molar refractivity (Wildman–Crippen MR) is 82.4 cm³/mol. The van der Waals surface area contributed by atoms with Gasteiger partial charge in [0, 0.05) is 0 Å². The van der Waals surface area contributed by atoms with Gasteiger partial charge in [-0.1, -0.05) is 26.2 Å². The fourth-order valence-electron chi connectivity index (χ4n) is 1.70. The molecule has 21 heavy (non-hydrogen) atoms. The van der Waals surface area contributed by atoms with Gasteiger partial charge in [-0.05, 0) is 30.7 Å². The molecular weight excluding hydrogens is 292 g/mol. The summed E-state index contributed by atoms with van der Waals surface area (Å²) < 4.78 is 37.1. The topological polar surface area (TPSA) is 61.8 Å². The van der Waals surface area contributed by atoms with Crippen LogP contribution in [0.15, 0.2) is 24.3 Å². The number of rotatable bonds is 11. The van der Waals surface area contributed by atoms with Crippen molar-refractivity contribution >= 4 is 10.1 Å². The monoisotopic (exact) mass is 316 g/mol. The van der Waals surface area contributed by atoms with Crippen LogP contribution in [0.1, 0.15) is 32.6 Å². The Bertz CT molecular complexity index is 481. The van der Waals surface area contributed by atoms with Crippen molar-refractivity contribution in [1.29, 1.82) is 0 Å². The van der Waals surface area contributed by atoms with Crippen LogP contribution >= 0.6 is 0 Å².